The maximum Gasteiger partial charge on any atom is 0.246 e. The van der Waals surface area contributed by atoms with Crippen molar-refractivity contribution in [2.24, 2.45) is 0 Å². The van der Waals surface area contributed by atoms with Crippen LogP contribution in [0.3, 0.4) is 0 Å². The molecule has 0 atom stereocenters. The lowest BCUT2D eigenvalue weighted by atomic mass is 10.2. The summed E-state index contributed by atoms with van der Waals surface area (Å²) in [6.45, 7) is 4.54. The summed E-state index contributed by atoms with van der Waals surface area (Å²) in [6.07, 6.45) is 1.74. The first-order valence-electron chi connectivity index (χ1n) is 6.79. The van der Waals surface area contributed by atoms with E-state index in [4.69, 9.17) is 4.74 Å². The van der Waals surface area contributed by atoms with Crippen LogP contribution in [0.5, 0.6) is 5.75 Å². The second-order valence-corrected chi connectivity index (χ2v) is 6.40. The van der Waals surface area contributed by atoms with Crippen molar-refractivity contribution in [2.75, 3.05) is 20.2 Å². The number of aliphatic hydroxyl groups is 1. The first kappa shape index (κ1) is 16.9. The fourth-order valence-electron chi connectivity index (χ4n) is 1.94. The monoisotopic (exact) mass is 301 g/mol. The third kappa shape index (κ3) is 3.71. The highest BCUT2D eigenvalue weighted by molar-refractivity contribution is 7.89. The van der Waals surface area contributed by atoms with Crippen molar-refractivity contribution in [1.82, 2.24) is 4.31 Å². The van der Waals surface area contributed by atoms with Crippen molar-refractivity contribution >= 4 is 10.0 Å². The van der Waals surface area contributed by atoms with E-state index in [-0.39, 0.29) is 11.5 Å². The molecule has 1 aromatic carbocycles. The van der Waals surface area contributed by atoms with Crippen molar-refractivity contribution in [3.8, 4) is 5.75 Å². The fraction of sp³-hybridized carbons (Fsp3) is 0.571. The predicted octanol–water partition coefficient (Wildman–Crippen LogP) is 2.00. The van der Waals surface area contributed by atoms with Gasteiger partial charge in [-0.15, -0.1) is 0 Å². The van der Waals surface area contributed by atoms with Crippen molar-refractivity contribution < 1.29 is 18.3 Å². The Morgan fingerprint density at radius 2 is 2.00 bits per heavy atom. The Kier molecular flexibility index (Phi) is 6.45. The number of nitrogens with zero attached hydrogens (tertiary/aromatic N) is 1. The van der Waals surface area contributed by atoms with Crippen LogP contribution in [-0.2, 0) is 16.6 Å². The molecule has 0 aliphatic heterocycles. The summed E-state index contributed by atoms with van der Waals surface area (Å²) >= 11 is 0. The number of aliphatic hydroxyl groups excluding tert-OH is 1. The van der Waals surface area contributed by atoms with Crippen molar-refractivity contribution in [1.29, 1.82) is 0 Å². The molecule has 1 rings (SSSR count). The van der Waals surface area contributed by atoms with E-state index in [0.29, 0.717) is 24.4 Å². The number of sulfonamides is 1. The van der Waals surface area contributed by atoms with E-state index in [1.807, 2.05) is 13.8 Å². The van der Waals surface area contributed by atoms with Gasteiger partial charge in [0.15, 0.2) is 0 Å². The number of methoxy groups -OCH3 is 1. The summed E-state index contributed by atoms with van der Waals surface area (Å²) in [5.41, 5.74) is 0.552. The zero-order valence-corrected chi connectivity index (χ0v) is 13.1. The molecule has 114 valence electrons. The van der Waals surface area contributed by atoms with Gasteiger partial charge in [-0.1, -0.05) is 26.3 Å². The molecular weight excluding hydrogens is 278 g/mol. The lowest BCUT2D eigenvalue weighted by molar-refractivity contribution is 0.281. The van der Waals surface area contributed by atoms with Crippen LogP contribution >= 0.6 is 0 Å². The Morgan fingerprint density at radius 3 is 2.50 bits per heavy atom. The molecule has 1 N–H and O–H groups in total. The molecule has 0 aromatic heterocycles. The molecule has 1 aromatic rings. The van der Waals surface area contributed by atoms with Gasteiger partial charge >= 0.3 is 0 Å². The maximum absolute atomic E-state index is 12.7. The van der Waals surface area contributed by atoms with E-state index in [0.717, 1.165) is 12.8 Å². The number of benzene rings is 1. The summed E-state index contributed by atoms with van der Waals surface area (Å²) in [7, 11) is -2.16. The van der Waals surface area contributed by atoms with Gasteiger partial charge in [-0.05, 0) is 24.1 Å². The minimum absolute atomic E-state index is 0.115. The predicted molar refractivity (Wildman–Crippen MR) is 78.3 cm³/mol. The van der Waals surface area contributed by atoms with Gasteiger partial charge in [-0.3, -0.25) is 0 Å². The lowest BCUT2D eigenvalue weighted by Crippen LogP contribution is -2.32. The zero-order chi connectivity index (χ0) is 15.2. The van der Waals surface area contributed by atoms with Gasteiger partial charge in [-0.2, -0.15) is 4.31 Å². The fourth-order valence-corrected chi connectivity index (χ4v) is 3.64. The van der Waals surface area contributed by atoms with E-state index in [1.54, 1.807) is 12.1 Å². The van der Waals surface area contributed by atoms with Gasteiger partial charge in [0.2, 0.25) is 10.0 Å². The van der Waals surface area contributed by atoms with Crippen molar-refractivity contribution in [3.05, 3.63) is 23.8 Å². The molecule has 5 nitrogen and oxygen atoms in total. The molecular formula is C14H23NO4S. The third-order valence-electron chi connectivity index (χ3n) is 3.14. The summed E-state index contributed by atoms with van der Waals surface area (Å²) in [5.74, 6) is 0.303. The SMILES string of the molecule is CCCCN(CC)S(=O)(=O)c1cc(CO)ccc1OC. The molecule has 0 unspecified atom stereocenters. The highest BCUT2D eigenvalue weighted by atomic mass is 32.2. The molecule has 0 spiro atoms. The average Bonchev–Trinajstić information content (AvgIpc) is 2.47. The maximum atomic E-state index is 12.7. The lowest BCUT2D eigenvalue weighted by Gasteiger charge is -2.21. The van der Waals surface area contributed by atoms with Crippen LogP contribution in [0.15, 0.2) is 23.1 Å². The summed E-state index contributed by atoms with van der Waals surface area (Å²) in [4.78, 5) is 0.115. The van der Waals surface area contributed by atoms with Gasteiger partial charge in [0.05, 0.1) is 13.7 Å². The summed E-state index contributed by atoms with van der Waals surface area (Å²) < 4.78 is 31.9. The Morgan fingerprint density at radius 1 is 1.30 bits per heavy atom. The van der Waals surface area contributed by atoms with E-state index in [1.165, 1.54) is 17.5 Å². The molecule has 6 heteroatoms. The van der Waals surface area contributed by atoms with Crippen LogP contribution in [-0.4, -0.2) is 38.0 Å². The molecule has 0 saturated carbocycles. The Hall–Kier alpha value is -1.11. The number of hydrogen-bond acceptors (Lipinski definition) is 4. The second kappa shape index (κ2) is 7.61. The van der Waals surface area contributed by atoms with E-state index < -0.39 is 10.0 Å². The topological polar surface area (TPSA) is 66.8 Å². The first-order valence-corrected chi connectivity index (χ1v) is 8.23. The van der Waals surface area contributed by atoms with Crippen LogP contribution in [0.25, 0.3) is 0 Å². The number of rotatable bonds is 8. The summed E-state index contributed by atoms with van der Waals surface area (Å²) in [5, 5.41) is 9.18. The van der Waals surface area contributed by atoms with Crippen LogP contribution in [0.4, 0.5) is 0 Å². The highest BCUT2D eigenvalue weighted by Crippen LogP contribution is 2.28. The average molecular weight is 301 g/mol. The molecule has 0 bridgehead atoms. The number of ether oxygens (including phenoxy) is 1. The van der Waals surface area contributed by atoms with Gasteiger partial charge < -0.3 is 9.84 Å². The molecule has 0 saturated heterocycles. The Balaban J connectivity index is 3.24. The van der Waals surface area contributed by atoms with Gasteiger partial charge in [0.25, 0.3) is 0 Å². The second-order valence-electron chi connectivity index (χ2n) is 4.49. The zero-order valence-electron chi connectivity index (χ0n) is 12.3. The van der Waals surface area contributed by atoms with Crippen LogP contribution in [0, 0.1) is 0 Å². The van der Waals surface area contributed by atoms with Crippen LogP contribution < -0.4 is 4.74 Å². The summed E-state index contributed by atoms with van der Waals surface area (Å²) in [6, 6.07) is 4.70. The largest absolute Gasteiger partial charge is 0.495 e. The first-order chi connectivity index (χ1) is 9.51. The molecule has 0 heterocycles. The third-order valence-corrected chi connectivity index (χ3v) is 5.14. The van der Waals surface area contributed by atoms with Gasteiger partial charge in [-0.25, -0.2) is 8.42 Å². The standard InChI is InChI=1S/C14H23NO4S/c1-4-6-9-15(5-2)20(17,18)14-10-12(11-16)7-8-13(14)19-3/h7-8,10,16H,4-6,9,11H2,1-3H3. The van der Waals surface area contributed by atoms with Gasteiger partial charge in [0.1, 0.15) is 10.6 Å². The van der Waals surface area contributed by atoms with Crippen LogP contribution in [0.1, 0.15) is 32.3 Å². The molecule has 0 aliphatic carbocycles. The van der Waals surface area contributed by atoms with Crippen LogP contribution in [0.2, 0.25) is 0 Å². The molecule has 0 fully saturated rings. The van der Waals surface area contributed by atoms with E-state index >= 15 is 0 Å². The molecule has 0 amide bonds. The number of unbranched alkanes of at least 4 members (excludes halogenated alkanes) is 1. The smallest absolute Gasteiger partial charge is 0.246 e. The quantitative estimate of drug-likeness (QED) is 0.797. The molecule has 0 radical (unpaired) electrons. The van der Waals surface area contributed by atoms with E-state index in [9.17, 15) is 13.5 Å². The Bertz CT molecular complexity index is 528. The van der Waals surface area contributed by atoms with Gasteiger partial charge in [0, 0.05) is 13.1 Å². The minimum atomic E-state index is -3.60. The highest BCUT2D eigenvalue weighted by Gasteiger charge is 2.26. The Labute approximate surface area is 121 Å². The van der Waals surface area contributed by atoms with E-state index in [2.05, 4.69) is 0 Å². The van der Waals surface area contributed by atoms with Crippen molar-refractivity contribution in [3.63, 3.8) is 0 Å². The van der Waals surface area contributed by atoms with Crippen molar-refractivity contribution in [2.45, 2.75) is 38.2 Å². The molecule has 0 aliphatic rings. The minimum Gasteiger partial charge on any atom is -0.495 e. The molecule has 20 heavy (non-hydrogen) atoms. The number of hydrogen-bond donors (Lipinski definition) is 1. The normalized spacial score (nSPS) is 11.8.